The molecule has 0 bridgehead atoms. The summed E-state index contributed by atoms with van der Waals surface area (Å²) in [5, 5.41) is 0. The largest absolute Gasteiger partial charge is 0.495 e. The van der Waals surface area contributed by atoms with E-state index in [4.69, 9.17) is 4.74 Å². The number of anilines is 1. The first-order chi connectivity index (χ1) is 13.0. The molecule has 0 unspecified atom stereocenters. The molecule has 0 radical (unpaired) electrons. The monoisotopic (exact) mass is 390 g/mol. The van der Waals surface area contributed by atoms with Crippen molar-refractivity contribution < 1.29 is 22.7 Å². The Morgan fingerprint density at radius 1 is 0.963 bits per heavy atom. The van der Waals surface area contributed by atoms with E-state index in [-0.39, 0.29) is 10.5 Å². The maximum Gasteiger partial charge on any atom is 0.337 e. The van der Waals surface area contributed by atoms with Gasteiger partial charge in [-0.1, -0.05) is 18.2 Å². The van der Waals surface area contributed by atoms with Gasteiger partial charge in [-0.05, 0) is 30.3 Å². The molecular formula is C19H22N2O5S. The molecule has 0 saturated carbocycles. The highest BCUT2D eigenvalue weighted by molar-refractivity contribution is 7.89. The van der Waals surface area contributed by atoms with Crippen LogP contribution in [0.4, 0.5) is 5.69 Å². The number of benzene rings is 2. The minimum atomic E-state index is -3.68. The third kappa shape index (κ3) is 3.91. The quantitative estimate of drug-likeness (QED) is 0.727. The highest BCUT2D eigenvalue weighted by Gasteiger charge is 2.29. The van der Waals surface area contributed by atoms with Crippen LogP contribution in [0.25, 0.3) is 0 Å². The lowest BCUT2D eigenvalue weighted by Gasteiger charge is -2.35. The predicted octanol–water partition coefficient (Wildman–Crippen LogP) is 1.99. The minimum Gasteiger partial charge on any atom is -0.495 e. The number of carbonyl (C=O) groups excluding carboxylic acids is 1. The van der Waals surface area contributed by atoms with Gasteiger partial charge in [0.2, 0.25) is 10.0 Å². The van der Waals surface area contributed by atoms with Crippen LogP contribution < -0.4 is 9.64 Å². The summed E-state index contributed by atoms with van der Waals surface area (Å²) in [4.78, 5) is 13.9. The van der Waals surface area contributed by atoms with Crippen LogP contribution in [0.3, 0.4) is 0 Å². The molecule has 0 N–H and O–H groups in total. The van der Waals surface area contributed by atoms with Crippen LogP contribution in [0.1, 0.15) is 10.4 Å². The van der Waals surface area contributed by atoms with E-state index in [2.05, 4.69) is 9.64 Å². The van der Waals surface area contributed by atoms with Gasteiger partial charge in [0.1, 0.15) is 5.75 Å². The third-order valence-electron chi connectivity index (χ3n) is 4.56. The lowest BCUT2D eigenvalue weighted by molar-refractivity contribution is 0.0600. The molecule has 1 heterocycles. The number of hydrogen-bond donors (Lipinski definition) is 0. The van der Waals surface area contributed by atoms with Gasteiger partial charge in [0.05, 0.1) is 30.4 Å². The molecule has 0 aliphatic carbocycles. The molecular weight excluding hydrogens is 368 g/mol. The average Bonchev–Trinajstić information content (AvgIpc) is 2.73. The number of esters is 1. The Hall–Kier alpha value is -2.58. The van der Waals surface area contributed by atoms with E-state index in [1.807, 2.05) is 24.3 Å². The Labute approximate surface area is 159 Å². The number of sulfonamides is 1. The molecule has 0 aromatic heterocycles. The van der Waals surface area contributed by atoms with Crippen LogP contribution >= 0.6 is 0 Å². The Balaban J connectivity index is 1.76. The summed E-state index contributed by atoms with van der Waals surface area (Å²) in [5.74, 6) is 0.202. The van der Waals surface area contributed by atoms with Crippen molar-refractivity contribution in [2.45, 2.75) is 4.90 Å². The van der Waals surface area contributed by atoms with E-state index in [9.17, 15) is 13.2 Å². The number of hydrogen-bond acceptors (Lipinski definition) is 6. The van der Waals surface area contributed by atoms with Crippen molar-refractivity contribution in [3.8, 4) is 5.75 Å². The maximum atomic E-state index is 12.9. The first kappa shape index (κ1) is 19.2. The van der Waals surface area contributed by atoms with E-state index in [0.29, 0.717) is 26.2 Å². The molecule has 1 aliphatic heterocycles. The fourth-order valence-electron chi connectivity index (χ4n) is 3.11. The zero-order chi connectivity index (χ0) is 19.4. The lowest BCUT2D eigenvalue weighted by Crippen LogP contribution is -2.48. The van der Waals surface area contributed by atoms with Gasteiger partial charge in [-0.3, -0.25) is 0 Å². The normalized spacial score (nSPS) is 15.4. The summed E-state index contributed by atoms with van der Waals surface area (Å²) in [6.07, 6.45) is 0. The van der Waals surface area contributed by atoms with E-state index < -0.39 is 16.0 Å². The number of para-hydroxylation sites is 2. The number of nitrogens with zero attached hydrogens (tertiary/aromatic N) is 2. The molecule has 1 fully saturated rings. The Kier molecular flexibility index (Phi) is 5.67. The molecule has 2 aromatic carbocycles. The molecule has 7 nitrogen and oxygen atoms in total. The summed E-state index contributed by atoms with van der Waals surface area (Å²) < 4.78 is 37.4. The van der Waals surface area contributed by atoms with Crippen molar-refractivity contribution in [2.24, 2.45) is 0 Å². The van der Waals surface area contributed by atoms with E-state index in [0.717, 1.165) is 11.4 Å². The summed E-state index contributed by atoms with van der Waals surface area (Å²) >= 11 is 0. The number of ether oxygens (including phenoxy) is 2. The topological polar surface area (TPSA) is 76.2 Å². The van der Waals surface area contributed by atoms with Gasteiger partial charge in [0.25, 0.3) is 0 Å². The van der Waals surface area contributed by atoms with E-state index in [1.54, 1.807) is 13.2 Å². The standard InChI is InChI=1S/C19H22N2O5S/c1-25-18-9-4-3-8-17(18)20-10-12-21(13-11-20)27(23,24)16-7-5-6-15(14-16)19(22)26-2/h3-9,14H,10-13H2,1-2H3. The van der Waals surface area contributed by atoms with Gasteiger partial charge in [0.15, 0.2) is 0 Å². The zero-order valence-electron chi connectivity index (χ0n) is 15.3. The Morgan fingerprint density at radius 2 is 1.67 bits per heavy atom. The molecule has 0 atom stereocenters. The molecule has 1 aliphatic rings. The first-order valence-corrected chi connectivity index (χ1v) is 9.98. The van der Waals surface area contributed by atoms with Crippen molar-refractivity contribution >= 4 is 21.7 Å². The van der Waals surface area contributed by atoms with Crippen LogP contribution in [-0.4, -0.2) is 59.1 Å². The van der Waals surface area contributed by atoms with E-state index >= 15 is 0 Å². The van der Waals surface area contributed by atoms with Crippen LogP contribution in [0.5, 0.6) is 5.75 Å². The first-order valence-electron chi connectivity index (χ1n) is 8.54. The fourth-order valence-corrected chi connectivity index (χ4v) is 4.58. The maximum absolute atomic E-state index is 12.9. The fraction of sp³-hybridized carbons (Fsp3) is 0.316. The highest BCUT2D eigenvalue weighted by Crippen LogP contribution is 2.29. The molecule has 8 heteroatoms. The summed E-state index contributed by atoms with van der Waals surface area (Å²) in [6.45, 7) is 1.80. The molecule has 3 rings (SSSR count). The molecule has 0 spiro atoms. The van der Waals surface area contributed by atoms with Crippen molar-refractivity contribution in [1.82, 2.24) is 4.31 Å². The van der Waals surface area contributed by atoms with Crippen molar-refractivity contribution in [1.29, 1.82) is 0 Å². The smallest absolute Gasteiger partial charge is 0.337 e. The zero-order valence-corrected chi connectivity index (χ0v) is 16.1. The second-order valence-electron chi connectivity index (χ2n) is 6.08. The van der Waals surface area contributed by atoms with Gasteiger partial charge in [0, 0.05) is 26.2 Å². The van der Waals surface area contributed by atoms with Crippen LogP contribution in [-0.2, 0) is 14.8 Å². The summed E-state index contributed by atoms with van der Waals surface area (Å²) in [6, 6.07) is 13.6. The van der Waals surface area contributed by atoms with Gasteiger partial charge < -0.3 is 14.4 Å². The predicted molar refractivity (Wildman–Crippen MR) is 102 cm³/mol. The van der Waals surface area contributed by atoms with Gasteiger partial charge in [-0.25, -0.2) is 13.2 Å². The van der Waals surface area contributed by atoms with Gasteiger partial charge >= 0.3 is 5.97 Å². The molecule has 0 amide bonds. The molecule has 2 aromatic rings. The minimum absolute atomic E-state index is 0.0936. The van der Waals surface area contributed by atoms with Gasteiger partial charge in [-0.2, -0.15) is 4.31 Å². The summed E-state index contributed by atoms with van der Waals surface area (Å²) in [7, 11) is -0.797. The second kappa shape index (κ2) is 7.98. The average molecular weight is 390 g/mol. The summed E-state index contributed by atoms with van der Waals surface area (Å²) in [5.41, 5.74) is 1.16. The molecule has 144 valence electrons. The highest BCUT2D eigenvalue weighted by atomic mass is 32.2. The van der Waals surface area contributed by atoms with Crippen molar-refractivity contribution in [3.05, 3.63) is 54.1 Å². The molecule has 1 saturated heterocycles. The second-order valence-corrected chi connectivity index (χ2v) is 8.02. The van der Waals surface area contributed by atoms with E-state index in [1.165, 1.54) is 29.6 Å². The Morgan fingerprint density at radius 3 is 2.33 bits per heavy atom. The molecule has 27 heavy (non-hydrogen) atoms. The van der Waals surface area contributed by atoms with Crippen molar-refractivity contribution in [2.75, 3.05) is 45.3 Å². The van der Waals surface area contributed by atoms with Crippen LogP contribution in [0.15, 0.2) is 53.4 Å². The Bertz CT molecular complexity index is 921. The third-order valence-corrected chi connectivity index (χ3v) is 6.45. The number of rotatable bonds is 5. The van der Waals surface area contributed by atoms with Crippen LogP contribution in [0.2, 0.25) is 0 Å². The number of carbonyl (C=O) groups is 1. The van der Waals surface area contributed by atoms with Gasteiger partial charge in [-0.15, -0.1) is 0 Å². The van der Waals surface area contributed by atoms with Crippen molar-refractivity contribution in [3.63, 3.8) is 0 Å². The number of methoxy groups -OCH3 is 2. The SMILES string of the molecule is COC(=O)c1cccc(S(=O)(=O)N2CCN(c3ccccc3OC)CC2)c1. The number of piperazine rings is 1. The van der Waals surface area contributed by atoms with Crippen LogP contribution in [0, 0.1) is 0 Å². The lowest BCUT2D eigenvalue weighted by atomic mass is 10.2.